The molecular formula is C16H17NO2. The summed E-state index contributed by atoms with van der Waals surface area (Å²) < 4.78 is 0. The molecule has 19 heavy (non-hydrogen) atoms. The number of aromatic hydroxyl groups is 1. The predicted molar refractivity (Wildman–Crippen MR) is 77.7 cm³/mol. The van der Waals surface area contributed by atoms with E-state index in [0.717, 1.165) is 17.5 Å². The molecule has 0 heterocycles. The van der Waals surface area contributed by atoms with Gasteiger partial charge in [0.2, 0.25) is 0 Å². The van der Waals surface area contributed by atoms with Crippen molar-refractivity contribution in [1.29, 1.82) is 0 Å². The second-order valence-corrected chi connectivity index (χ2v) is 4.31. The maximum absolute atomic E-state index is 9.52. The van der Waals surface area contributed by atoms with Gasteiger partial charge in [-0.2, -0.15) is 5.90 Å². The molecule has 0 spiro atoms. The van der Waals surface area contributed by atoms with Crippen LogP contribution in [0, 0.1) is 0 Å². The van der Waals surface area contributed by atoms with Crippen LogP contribution in [0.4, 0.5) is 0 Å². The number of rotatable bonds is 4. The first-order chi connectivity index (χ1) is 9.21. The van der Waals surface area contributed by atoms with E-state index in [0.29, 0.717) is 5.75 Å². The average molecular weight is 255 g/mol. The second kappa shape index (κ2) is 6.07. The fourth-order valence-electron chi connectivity index (χ4n) is 1.83. The molecule has 2 rings (SSSR count). The minimum absolute atomic E-state index is 0.129. The van der Waals surface area contributed by atoms with Gasteiger partial charge in [0, 0.05) is 6.07 Å². The number of hydrogen-bond donors (Lipinski definition) is 2. The molecule has 0 aliphatic rings. The van der Waals surface area contributed by atoms with Crippen molar-refractivity contribution < 1.29 is 9.94 Å². The largest absolute Gasteiger partial charge is 0.508 e. The lowest BCUT2D eigenvalue weighted by Crippen LogP contribution is -2.01. The van der Waals surface area contributed by atoms with E-state index in [9.17, 15) is 5.11 Å². The number of benzene rings is 2. The molecule has 3 heteroatoms. The van der Waals surface area contributed by atoms with E-state index in [1.165, 1.54) is 11.6 Å². The Balaban J connectivity index is 2.19. The van der Waals surface area contributed by atoms with Crippen molar-refractivity contribution in [2.45, 2.75) is 13.3 Å². The van der Waals surface area contributed by atoms with Gasteiger partial charge in [0.05, 0.1) is 0 Å². The van der Waals surface area contributed by atoms with E-state index in [4.69, 9.17) is 5.90 Å². The Morgan fingerprint density at radius 2 is 1.74 bits per heavy atom. The fraction of sp³-hybridized carbons (Fsp3) is 0.125. The number of hydrogen-bond acceptors (Lipinski definition) is 3. The standard InChI is InChI=1S/C16H17NO2/c1-2-12-3-5-13(6-4-12)7-8-14-9-15(18)11-16(10-14)19-17/h3-11,18H,2,17H2,1H3/b8-7+. The molecule has 2 aromatic carbocycles. The van der Waals surface area contributed by atoms with E-state index in [-0.39, 0.29) is 5.75 Å². The van der Waals surface area contributed by atoms with Crippen molar-refractivity contribution in [1.82, 2.24) is 0 Å². The Morgan fingerprint density at radius 1 is 1.05 bits per heavy atom. The quantitative estimate of drug-likeness (QED) is 0.650. The van der Waals surface area contributed by atoms with Crippen LogP contribution in [0.1, 0.15) is 23.6 Å². The molecule has 0 saturated heterocycles. The van der Waals surface area contributed by atoms with Gasteiger partial charge in [0.15, 0.2) is 5.75 Å². The third-order valence-corrected chi connectivity index (χ3v) is 2.91. The average Bonchev–Trinajstić information content (AvgIpc) is 2.45. The highest BCUT2D eigenvalue weighted by molar-refractivity contribution is 5.71. The van der Waals surface area contributed by atoms with Gasteiger partial charge in [0.1, 0.15) is 5.75 Å². The molecule has 0 unspecified atom stereocenters. The van der Waals surface area contributed by atoms with Crippen LogP contribution in [0.2, 0.25) is 0 Å². The first kappa shape index (κ1) is 13.2. The molecule has 0 bridgehead atoms. The van der Waals surface area contributed by atoms with Crippen molar-refractivity contribution in [2.75, 3.05) is 0 Å². The third-order valence-electron chi connectivity index (χ3n) is 2.91. The molecular weight excluding hydrogens is 238 g/mol. The lowest BCUT2D eigenvalue weighted by atomic mass is 10.1. The zero-order valence-electron chi connectivity index (χ0n) is 10.8. The summed E-state index contributed by atoms with van der Waals surface area (Å²) in [5.74, 6) is 5.65. The molecule has 0 radical (unpaired) electrons. The van der Waals surface area contributed by atoms with Gasteiger partial charge < -0.3 is 9.94 Å². The Kier molecular flexibility index (Phi) is 4.21. The lowest BCUT2D eigenvalue weighted by Gasteiger charge is -2.02. The number of aryl methyl sites for hydroxylation is 1. The maximum Gasteiger partial charge on any atom is 0.151 e. The van der Waals surface area contributed by atoms with Gasteiger partial charge in [0.25, 0.3) is 0 Å². The summed E-state index contributed by atoms with van der Waals surface area (Å²) in [4.78, 5) is 4.62. The summed E-state index contributed by atoms with van der Waals surface area (Å²) in [6.45, 7) is 2.13. The van der Waals surface area contributed by atoms with Crippen LogP contribution < -0.4 is 10.7 Å². The Bertz CT molecular complexity index is 574. The van der Waals surface area contributed by atoms with Crippen LogP contribution in [-0.4, -0.2) is 5.11 Å². The SMILES string of the molecule is CCc1ccc(/C=C/c2cc(O)cc(ON)c2)cc1. The number of phenolic OH excluding ortho intramolecular Hbond substituents is 1. The van der Waals surface area contributed by atoms with E-state index in [2.05, 4.69) is 36.0 Å². The molecule has 3 N–H and O–H groups in total. The van der Waals surface area contributed by atoms with Crippen LogP contribution >= 0.6 is 0 Å². The molecule has 0 aromatic heterocycles. The first-order valence-electron chi connectivity index (χ1n) is 6.19. The van der Waals surface area contributed by atoms with Gasteiger partial charge in [-0.1, -0.05) is 43.3 Å². The zero-order chi connectivity index (χ0) is 13.7. The summed E-state index contributed by atoms with van der Waals surface area (Å²) in [6, 6.07) is 13.2. The van der Waals surface area contributed by atoms with Crippen LogP contribution in [0.5, 0.6) is 11.5 Å². The number of nitrogens with two attached hydrogens (primary N) is 1. The van der Waals surface area contributed by atoms with Crippen molar-refractivity contribution in [3.8, 4) is 11.5 Å². The van der Waals surface area contributed by atoms with Crippen molar-refractivity contribution >= 4 is 12.2 Å². The molecule has 0 atom stereocenters. The fourth-order valence-corrected chi connectivity index (χ4v) is 1.83. The highest BCUT2D eigenvalue weighted by Crippen LogP contribution is 2.22. The Hall–Kier alpha value is -2.26. The summed E-state index contributed by atoms with van der Waals surface area (Å²) in [7, 11) is 0. The van der Waals surface area contributed by atoms with Crippen LogP contribution in [-0.2, 0) is 6.42 Å². The van der Waals surface area contributed by atoms with Crippen molar-refractivity contribution in [3.05, 3.63) is 59.2 Å². The van der Waals surface area contributed by atoms with Crippen LogP contribution in [0.15, 0.2) is 42.5 Å². The van der Waals surface area contributed by atoms with Gasteiger partial charge in [-0.05, 0) is 35.2 Å². The van der Waals surface area contributed by atoms with E-state index in [1.807, 2.05) is 12.2 Å². The van der Waals surface area contributed by atoms with Crippen LogP contribution in [0.25, 0.3) is 12.2 Å². The first-order valence-corrected chi connectivity index (χ1v) is 6.19. The van der Waals surface area contributed by atoms with Gasteiger partial charge in [-0.25, -0.2) is 0 Å². The molecule has 0 aliphatic heterocycles. The highest BCUT2D eigenvalue weighted by atomic mass is 16.6. The third kappa shape index (κ3) is 3.60. The Morgan fingerprint density at radius 3 is 2.37 bits per heavy atom. The summed E-state index contributed by atoms with van der Waals surface area (Å²) in [5.41, 5.74) is 3.25. The molecule has 3 nitrogen and oxygen atoms in total. The van der Waals surface area contributed by atoms with Gasteiger partial charge in [-0.15, -0.1) is 0 Å². The van der Waals surface area contributed by atoms with Gasteiger partial charge >= 0.3 is 0 Å². The predicted octanol–water partition coefficient (Wildman–Crippen LogP) is 3.38. The zero-order valence-corrected chi connectivity index (χ0v) is 10.8. The molecule has 98 valence electrons. The Labute approximate surface area is 112 Å². The van der Waals surface area contributed by atoms with E-state index < -0.39 is 0 Å². The second-order valence-electron chi connectivity index (χ2n) is 4.31. The molecule has 0 fully saturated rings. The van der Waals surface area contributed by atoms with Crippen LogP contribution in [0.3, 0.4) is 0 Å². The smallest absolute Gasteiger partial charge is 0.151 e. The minimum Gasteiger partial charge on any atom is -0.508 e. The molecule has 2 aromatic rings. The molecule has 0 amide bonds. The maximum atomic E-state index is 9.52. The monoisotopic (exact) mass is 255 g/mol. The topological polar surface area (TPSA) is 55.5 Å². The molecule has 0 aliphatic carbocycles. The van der Waals surface area contributed by atoms with Gasteiger partial charge in [-0.3, -0.25) is 0 Å². The lowest BCUT2D eigenvalue weighted by molar-refractivity contribution is 0.332. The normalized spacial score (nSPS) is 10.8. The minimum atomic E-state index is 0.129. The molecule has 0 saturated carbocycles. The summed E-state index contributed by atoms with van der Waals surface area (Å²) >= 11 is 0. The van der Waals surface area contributed by atoms with Crippen molar-refractivity contribution in [3.63, 3.8) is 0 Å². The van der Waals surface area contributed by atoms with E-state index >= 15 is 0 Å². The van der Waals surface area contributed by atoms with E-state index in [1.54, 1.807) is 12.1 Å². The summed E-state index contributed by atoms with van der Waals surface area (Å²) in [6.07, 6.45) is 4.92. The van der Waals surface area contributed by atoms with Crippen molar-refractivity contribution in [2.24, 2.45) is 5.90 Å². The highest BCUT2D eigenvalue weighted by Gasteiger charge is 1.98. The summed E-state index contributed by atoms with van der Waals surface area (Å²) in [5, 5.41) is 9.52. The number of phenols is 1.